The third-order valence-corrected chi connectivity index (χ3v) is 7.72. The maximum Gasteiger partial charge on any atom is 0.326 e. The number of rotatable bonds is 9. The molecule has 0 radical (unpaired) electrons. The molecule has 9 heteroatoms. The Kier molecular flexibility index (Phi) is 9.29. The summed E-state index contributed by atoms with van der Waals surface area (Å²) in [5, 5.41) is 16.6. The van der Waals surface area contributed by atoms with Gasteiger partial charge in [0.25, 0.3) is 0 Å². The lowest BCUT2D eigenvalue weighted by molar-refractivity contribution is -0.137. The second-order valence-electron chi connectivity index (χ2n) is 9.91. The molecule has 1 fully saturated rings. The number of piperidine rings is 1. The van der Waals surface area contributed by atoms with Gasteiger partial charge in [0.15, 0.2) is 0 Å². The molecule has 1 saturated heterocycles. The summed E-state index contributed by atoms with van der Waals surface area (Å²) >= 11 is 18.1. The Labute approximate surface area is 239 Å². The molecule has 1 aliphatic heterocycles. The van der Waals surface area contributed by atoms with E-state index in [1.54, 1.807) is 18.3 Å². The standard InChI is InChI=1S/C29H33Cl3N4O2/c1-19-15-23(29(30,31)32)16-20(2)27(19)35-25(28(37)38)17-21-6-8-24(9-7-21)36-13-10-22(11-14-36)18-34-26-5-3-4-12-33-26/h3-9,12,15-16,22,25,35H,10-11,13-14,17-18H2,1-2H3,(H,33,34)(H,37,38). The number of nitrogens with zero attached hydrogens (tertiary/aromatic N) is 2. The summed E-state index contributed by atoms with van der Waals surface area (Å²) in [5.41, 5.74) is 5.07. The number of halogens is 3. The van der Waals surface area contributed by atoms with Crippen LogP contribution in [-0.4, -0.2) is 41.7 Å². The third-order valence-electron chi connectivity index (χ3n) is 7.07. The van der Waals surface area contributed by atoms with Gasteiger partial charge in [0.1, 0.15) is 11.9 Å². The number of alkyl halides is 3. The van der Waals surface area contributed by atoms with Crippen LogP contribution in [0, 0.1) is 19.8 Å². The number of hydrogen-bond acceptors (Lipinski definition) is 5. The number of nitrogens with one attached hydrogen (secondary N) is 2. The lowest BCUT2D eigenvalue weighted by Crippen LogP contribution is -2.36. The van der Waals surface area contributed by atoms with E-state index < -0.39 is 15.8 Å². The number of anilines is 3. The summed E-state index contributed by atoms with van der Waals surface area (Å²) in [6.45, 7) is 6.67. The number of hydrogen-bond donors (Lipinski definition) is 3. The Morgan fingerprint density at radius 3 is 2.29 bits per heavy atom. The van der Waals surface area contributed by atoms with E-state index >= 15 is 0 Å². The molecule has 202 valence electrons. The van der Waals surface area contributed by atoms with E-state index in [0.29, 0.717) is 17.9 Å². The molecule has 6 nitrogen and oxygen atoms in total. The molecular formula is C29H33Cl3N4O2. The van der Waals surface area contributed by atoms with Crippen molar-refractivity contribution in [2.45, 2.75) is 42.9 Å². The Bertz CT molecular complexity index is 1200. The highest BCUT2D eigenvalue weighted by molar-refractivity contribution is 6.66. The number of pyridine rings is 1. The maximum atomic E-state index is 12.1. The van der Waals surface area contributed by atoms with Crippen LogP contribution < -0.4 is 15.5 Å². The van der Waals surface area contributed by atoms with Gasteiger partial charge < -0.3 is 20.6 Å². The van der Waals surface area contributed by atoms with Gasteiger partial charge in [0.05, 0.1) is 0 Å². The summed E-state index contributed by atoms with van der Waals surface area (Å²) in [4.78, 5) is 18.8. The van der Waals surface area contributed by atoms with Gasteiger partial charge in [-0.15, -0.1) is 0 Å². The molecule has 2 aromatic carbocycles. The molecule has 0 spiro atoms. The Hall–Kier alpha value is -2.67. The van der Waals surface area contributed by atoms with Crippen LogP contribution in [0.1, 0.15) is 35.1 Å². The minimum absolute atomic E-state index is 0.349. The van der Waals surface area contributed by atoms with Crippen LogP contribution in [0.4, 0.5) is 17.2 Å². The molecular weight excluding hydrogens is 543 g/mol. The van der Waals surface area contributed by atoms with Crippen LogP contribution in [0.3, 0.4) is 0 Å². The topological polar surface area (TPSA) is 77.5 Å². The summed E-state index contributed by atoms with van der Waals surface area (Å²) in [6, 6.07) is 16.9. The van der Waals surface area contributed by atoms with Gasteiger partial charge >= 0.3 is 5.97 Å². The van der Waals surface area contributed by atoms with Crippen LogP contribution in [0.25, 0.3) is 0 Å². The van der Waals surface area contributed by atoms with Gasteiger partial charge in [0.2, 0.25) is 3.79 Å². The molecule has 1 unspecified atom stereocenters. The normalized spacial score (nSPS) is 15.2. The van der Waals surface area contributed by atoms with Crippen molar-refractivity contribution in [2.24, 2.45) is 5.92 Å². The summed E-state index contributed by atoms with van der Waals surface area (Å²) in [5.74, 6) is 0.621. The van der Waals surface area contributed by atoms with Gasteiger partial charge in [-0.2, -0.15) is 0 Å². The monoisotopic (exact) mass is 574 g/mol. The van der Waals surface area contributed by atoms with Gasteiger partial charge in [-0.05, 0) is 85.7 Å². The van der Waals surface area contributed by atoms with Gasteiger partial charge in [-0.3, -0.25) is 0 Å². The Balaban J connectivity index is 1.33. The van der Waals surface area contributed by atoms with Gasteiger partial charge in [-0.25, -0.2) is 9.78 Å². The molecule has 1 atom stereocenters. The average Bonchev–Trinajstić information content (AvgIpc) is 2.89. The van der Waals surface area contributed by atoms with Crippen LogP contribution >= 0.6 is 34.8 Å². The largest absolute Gasteiger partial charge is 0.480 e. The van der Waals surface area contributed by atoms with Crippen LogP contribution in [0.15, 0.2) is 60.8 Å². The molecule has 1 aromatic heterocycles. The molecule has 0 aliphatic carbocycles. The zero-order valence-electron chi connectivity index (χ0n) is 21.6. The summed E-state index contributed by atoms with van der Waals surface area (Å²) in [6.07, 6.45) is 4.38. The SMILES string of the molecule is Cc1cc(C(Cl)(Cl)Cl)cc(C)c1NC(Cc1ccc(N2CCC(CNc3ccccn3)CC2)cc1)C(=O)O. The molecule has 4 rings (SSSR count). The molecule has 3 aromatic rings. The van der Waals surface area contributed by atoms with Crippen molar-refractivity contribution in [2.75, 3.05) is 35.2 Å². The van der Waals surface area contributed by atoms with Crippen LogP contribution in [-0.2, 0) is 15.0 Å². The van der Waals surface area contributed by atoms with E-state index in [1.807, 2.05) is 44.2 Å². The molecule has 3 N–H and O–H groups in total. The first kappa shape index (κ1) is 28.3. The molecule has 0 bridgehead atoms. The van der Waals surface area contributed by atoms with E-state index in [1.165, 1.54) is 5.69 Å². The highest BCUT2D eigenvalue weighted by atomic mass is 35.6. The van der Waals surface area contributed by atoms with Crippen molar-refractivity contribution < 1.29 is 9.90 Å². The van der Waals surface area contributed by atoms with E-state index in [4.69, 9.17) is 34.8 Å². The molecule has 0 saturated carbocycles. The third kappa shape index (κ3) is 7.46. The molecule has 38 heavy (non-hydrogen) atoms. The summed E-state index contributed by atoms with van der Waals surface area (Å²) in [7, 11) is 0. The van der Waals surface area contributed by atoms with E-state index in [2.05, 4.69) is 32.7 Å². The number of benzene rings is 2. The fourth-order valence-corrected chi connectivity index (χ4v) is 5.25. The Morgan fingerprint density at radius 1 is 1.08 bits per heavy atom. The predicted octanol–water partition coefficient (Wildman–Crippen LogP) is 6.96. The quantitative estimate of drug-likeness (QED) is 0.239. The lowest BCUT2D eigenvalue weighted by Gasteiger charge is -2.34. The second-order valence-corrected chi connectivity index (χ2v) is 12.2. The van der Waals surface area contributed by atoms with Crippen molar-refractivity contribution in [3.8, 4) is 0 Å². The molecule has 0 amide bonds. The number of aryl methyl sites for hydroxylation is 2. The van der Waals surface area contributed by atoms with E-state index in [9.17, 15) is 9.90 Å². The first-order valence-corrected chi connectivity index (χ1v) is 13.9. The first-order valence-electron chi connectivity index (χ1n) is 12.8. The number of aromatic nitrogens is 1. The van der Waals surface area contributed by atoms with Crippen molar-refractivity contribution in [1.29, 1.82) is 0 Å². The highest BCUT2D eigenvalue weighted by Gasteiger charge is 2.26. The predicted molar refractivity (Wildman–Crippen MR) is 158 cm³/mol. The van der Waals surface area contributed by atoms with Gasteiger partial charge in [0, 0.05) is 49.2 Å². The minimum atomic E-state index is -1.53. The van der Waals surface area contributed by atoms with Gasteiger partial charge in [-0.1, -0.05) is 53.0 Å². The van der Waals surface area contributed by atoms with Crippen molar-refractivity contribution in [1.82, 2.24) is 4.98 Å². The highest BCUT2D eigenvalue weighted by Crippen LogP contribution is 2.40. The smallest absolute Gasteiger partial charge is 0.326 e. The lowest BCUT2D eigenvalue weighted by atomic mass is 9.96. The fourth-order valence-electron chi connectivity index (χ4n) is 4.92. The second kappa shape index (κ2) is 12.5. The van der Waals surface area contributed by atoms with Crippen molar-refractivity contribution >= 4 is 58.0 Å². The molecule has 2 heterocycles. The number of carbonyl (C=O) groups is 1. The average molecular weight is 576 g/mol. The fraction of sp³-hybridized carbons (Fsp3) is 0.379. The van der Waals surface area contributed by atoms with Crippen LogP contribution in [0.2, 0.25) is 0 Å². The zero-order valence-corrected chi connectivity index (χ0v) is 23.8. The minimum Gasteiger partial charge on any atom is -0.480 e. The van der Waals surface area contributed by atoms with E-state index in [0.717, 1.165) is 60.7 Å². The first-order chi connectivity index (χ1) is 18.1. The van der Waals surface area contributed by atoms with E-state index in [-0.39, 0.29) is 0 Å². The van der Waals surface area contributed by atoms with Crippen molar-refractivity contribution in [3.05, 3.63) is 83.0 Å². The van der Waals surface area contributed by atoms with Crippen molar-refractivity contribution in [3.63, 3.8) is 0 Å². The number of carboxylic acid groups (broad SMARTS) is 1. The van der Waals surface area contributed by atoms with Crippen LogP contribution in [0.5, 0.6) is 0 Å². The molecule has 1 aliphatic rings. The number of carboxylic acids is 1. The maximum absolute atomic E-state index is 12.1. The Morgan fingerprint density at radius 2 is 1.74 bits per heavy atom. The number of aliphatic carboxylic acids is 1. The summed E-state index contributed by atoms with van der Waals surface area (Å²) < 4.78 is -1.53. The zero-order chi connectivity index (χ0) is 27.3.